The fourth-order valence-electron chi connectivity index (χ4n) is 1.17. The largest absolute Gasteiger partial charge is 0.444 e. The molecule has 0 saturated heterocycles. The first-order chi connectivity index (χ1) is 7.69. The fraction of sp³-hybridized carbons (Fsp3) is 0.417. The predicted octanol–water partition coefficient (Wildman–Crippen LogP) is 3.62. The van der Waals surface area contributed by atoms with Gasteiger partial charge in [0, 0.05) is 6.07 Å². The number of nitrogens with one attached hydrogen (secondary N) is 1. The highest BCUT2D eigenvalue weighted by atomic mass is 19.1. The van der Waals surface area contributed by atoms with Gasteiger partial charge in [0.25, 0.3) is 0 Å². The van der Waals surface area contributed by atoms with Crippen molar-refractivity contribution in [2.24, 2.45) is 0 Å². The van der Waals surface area contributed by atoms with Gasteiger partial charge >= 0.3 is 6.09 Å². The molecular formula is C12H15F2NO2. The Balaban J connectivity index is 2.82. The number of halogens is 2. The van der Waals surface area contributed by atoms with E-state index in [0.29, 0.717) is 0 Å². The molecule has 0 spiro atoms. The molecule has 1 rings (SSSR count). The third-order valence-electron chi connectivity index (χ3n) is 1.88. The van der Waals surface area contributed by atoms with Crippen molar-refractivity contribution in [2.45, 2.75) is 33.3 Å². The maximum atomic E-state index is 13.3. The zero-order valence-electron chi connectivity index (χ0n) is 10.2. The molecule has 0 radical (unpaired) electrons. The number of benzene rings is 1. The van der Waals surface area contributed by atoms with Crippen molar-refractivity contribution in [2.75, 3.05) is 5.32 Å². The van der Waals surface area contributed by atoms with Gasteiger partial charge < -0.3 is 4.74 Å². The van der Waals surface area contributed by atoms with Crippen molar-refractivity contribution < 1.29 is 18.3 Å². The molecule has 0 saturated carbocycles. The SMILES string of the molecule is Cc1cc(NC(=O)OC(C)(C)C)c(F)cc1F. The van der Waals surface area contributed by atoms with Crippen molar-refractivity contribution in [3.63, 3.8) is 0 Å². The maximum Gasteiger partial charge on any atom is 0.412 e. The molecule has 17 heavy (non-hydrogen) atoms. The van der Waals surface area contributed by atoms with E-state index in [9.17, 15) is 13.6 Å². The van der Waals surface area contributed by atoms with Crippen LogP contribution >= 0.6 is 0 Å². The van der Waals surface area contributed by atoms with Gasteiger partial charge in [-0.2, -0.15) is 0 Å². The summed E-state index contributed by atoms with van der Waals surface area (Å²) >= 11 is 0. The molecule has 0 bridgehead atoms. The van der Waals surface area contributed by atoms with Gasteiger partial charge in [0.05, 0.1) is 5.69 Å². The molecule has 94 valence electrons. The molecular weight excluding hydrogens is 228 g/mol. The van der Waals surface area contributed by atoms with Crippen molar-refractivity contribution >= 4 is 11.8 Å². The van der Waals surface area contributed by atoms with Crippen LogP contribution in [0.15, 0.2) is 12.1 Å². The molecule has 0 aliphatic rings. The second-order valence-electron chi connectivity index (χ2n) is 4.71. The van der Waals surface area contributed by atoms with E-state index in [4.69, 9.17) is 4.74 Å². The lowest BCUT2D eigenvalue weighted by molar-refractivity contribution is 0.0635. The molecule has 0 unspecified atom stereocenters. The topological polar surface area (TPSA) is 38.3 Å². The minimum absolute atomic E-state index is 0.0989. The first-order valence-electron chi connectivity index (χ1n) is 5.15. The van der Waals surface area contributed by atoms with Crippen molar-refractivity contribution in [1.82, 2.24) is 0 Å². The number of ether oxygens (including phenoxy) is 1. The number of anilines is 1. The summed E-state index contributed by atoms with van der Waals surface area (Å²) in [5.41, 5.74) is -0.522. The Hall–Kier alpha value is -1.65. The molecule has 0 fully saturated rings. The second kappa shape index (κ2) is 4.69. The van der Waals surface area contributed by atoms with Gasteiger partial charge in [-0.1, -0.05) is 0 Å². The van der Waals surface area contributed by atoms with Gasteiger partial charge in [0.15, 0.2) is 0 Å². The lowest BCUT2D eigenvalue weighted by Crippen LogP contribution is -2.27. The van der Waals surface area contributed by atoms with Crippen LogP contribution in [0.5, 0.6) is 0 Å². The fourth-order valence-corrected chi connectivity index (χ4v) is 1.17. The van der Waals surface area contributed by atoms with Crippen LogP contribution in [0, 0.1) is 18.6 Å². The van der Waals surface area contributed by atoms with Gasteiger partial charge in [-0.05, 0) is 39.3 Å². The van der Waals surface area contributed by atoms with Crippen LogP contribution in [-0.2, 0) is 4.74 Å². The van der Waals surface area contributed by atoms with Crippen LogP contribution < -0.4 is 5.32 Å². The monoisotopic (exact) mass is 243 g/mol. The lowest BCUT2D eigenvalue weighted by Gasteiger charge is -2.19. The summed E-state index contributed by atoms with van der Waals surface area (Å²) in [5.74, 6) is -1.49. The Morgan fingerprint density at radius 3 is 2.35 bits per heavy atom. The lowest BCUT2D eigenvalue weighted by atomic mass is 10.2. The van der Waals surface area contributed by atoms with E-state index in [1.165, 1.54) is 13.0 Å². The van der Waals surface area contributed by atoms with E-state index >= 15 is 0 Å². The number of rotatable bonds is 1. The number of carbonyl (C=O) groups excluding carboxylic acids is 1. The molecule has 1 amide bonds. The van der Waals surface area contributed by atoms with E-state index in [1.54, 1.807) is 20.8 Å². The van der Waals surface area contributed by atoms with E-state index < -0.39 is 23.3 Å². The first kappa shape index (κ1) is 13.4. The maximum absolute atomic E-state index is 13.3. The summed E-state index contributed by atoms with van der Waals surface area (Å²) in [7, 11) is 0. The first-order valence-corrected chi connectivity index (χ1v) is 5.15. The van der Waals surface area contributed by atoms with Gasteiger partial charge in [-0.25, -0.2) is 13.6 Å². The molecule has 5 heteroatoms. The second-order valence-corrected chi connectivity index (χ2v) is 4.71. The molecule has 0 aliphatic heterocycles. The van der Waals surface area contributed by atoms with Crippen molar-refractivity contribution in [3.8, 4) is 0 Å². The number of hydrogen-bond acceptors (Lipinski definition) is 2. The molecule has 0 aromatic heterocycles. The molecule has 1 N–H and O–H groups in total. The average molecular weight is 243 g/mol. The molecule has 3 nitrogen and oxygen atoms in total. The number of carbonyl (C=O) groups is 1. The summed E-state index contributed by atoms with van der Waals surface area (Å²) in [6.45, 7) is 6.56. The Morgan fingerprint density at radius 1 is 1.24 bits per heavy atom. The highest BCUT2D eigenvalue weighted by Crippen LogP contribution is 2.19. The third-order valence-corrected chi connectivity index (χ3v) is 1.88. The van der Waals surface area contributed by atoms with Crippen LogP contribution in [0.4, 0.5) is 19.3 Å². The van der Waals surface area contributed by atoms with E-state index in [0.717, 1.165) is 6.07 Å². The van der Waals surface area contributed by atoms with Crippen LogP contribution in [0.2, 0.25) is 0 Å². The van der Waals surface area contributed by atoms with Gasteiger partial charge in [0.2, 0.25) is 0 Å². The predicted molar refractivity (Wildman–Crippen MR) is 61.0 cm³/mol. The zero-order chi connectivity index (χ0) is 13.2. The Morgan fingerprint density at radius 2 is 1.82 bits per heavy atom. The summed E-state index contributed by atoms with van der Waals surface area (Å²) in [4.78, 5) is 11.4. The van der Waals surface area contributed by atoms with E-state index in [1.807, 2.05) is 0 Å². The molecule has 1 aromatic carbocycles. The minimum Gasteiger partial charge on any atom is -0.444 e. The van der Waals surface area contributed by atoms with Gasteiger partial charge in [0.1, 0.15) is 17.2 Å². The summed E-state index contributed by atoms with van der Waals surface area (Å²) in [5, 5.41) is 2.23. The van der Waals surface area contributed by atoms with Gasteiger partial charge in [-0.3, -0.25) is 5.32 Å². The summed E-state index contributed by atoms with van der Waals surface area (Å²) in [6.07, 6.45) is -0.776. The van der Waals surface area contributed by atoms with Crippen molar-refractivity contribution in [1.29, 1.82) is 0 Å². The molecule has 0 atom stereocenters. The number of aryl methyl sites for hydroxylation is 1. The summed E-state index contributed by atoms with van der Waals surface area (Å²) < 4.78 is 31.3. The average Bonchev–Trinajstić information content (AvgIpc) is 2.11. The highest BCUT2D eigenvalue weighted by Gasteiger charge is 2.17. The Bertz CT molecular complexity index is 439. The number of hydrogen-bond donors (Lipinski definition) is 1. The van der Waals surface area contributed by atoms with Crippen LogP contribution in [0.25, 0.3) is 0 Å². The van der Waals surface area contributed by atoms with Crippen LogP contribution in [-0.4, -0.2) is 11.7 Å². The van der Waals surface area contributed by atoms with E-state index in [2.05, 4.69) is 5.32 Å². The molecule has 0 aliphatic carbocycles. The minimum atomic E-state index is -0.834. The van der Waals surface area contributed by atoms with Crippen LogP contribution in [0.1, 0.15) is 26.3 Å². The quantitative estimate of drug-likeness (QED) is 0.818. The third kappa shape index (κ3) is 4.01. The normalized spacial score (nSPS) is 11.2. The molecule has 1 aromatic rings. The Labute approximate surface area is 98.8 Å². The van der Waals surface area contributed by atoms with E-state index in [-0.39, 0.29) is 11.3 Å². The van der Waals surface area contributed by atoms with Gasteiger partial charge in [-0.15, -0.1) is 0 Å². The smallest absolute Gasteiger partial charge is 0.412 e. The standard InChI is InChI=1S/C12H15F2NO2/c1-7-5-10(9(14)6-8(7)13)15-11(16)17-12(2,3)4/h5-6H,1-4H3,(H,15,16). The van der Waals surface area contributed by atoms with Crippen molar-refractivity contribution in [3.05, 3.63) is 29.3 Å². The zero-order valence-corrected chi connectivity index (χ0v) is 10.2. The number of amides is 1. The van der Waals surface area contributed by atoms with Crippen LogP contribution in [0.3, 0.4) is 0 Å². The highest BCUT2D eigenvalue weighted by molar-refractivity contribution is 5.85. The Kier molecular flexibility index (Phi) is 3.70. The molecule has 0 heterocycles. The summed E-state index contributed by atoms with van der Waals surface area (Å²) in [6, 6.07) is 1.94.